The second kappa shape index (κ2) is 12.0. The minimum absolute atomic E-state index is 0. The molecule has 1 saturated heterocycles. The lowest BCUT2D eigenvalue weighted by Crippen LogP contribution is -2.54. The van der Waals surface area contributed by atoms with Crippen LogP contribution in [0.15, 0.2) is 21.3 Å². The van der Waals surface area contributed by atoms with E-state index in [1.165, 1.54) is 6.07 Å². The molecule has 1 fully saturated rings. The third-order valence-corrected chi connectivity index (χ3v) is 7.01. The third-order valence-electron chi connectivity index (χ3n) is 3.83. The monoisotopic (exact) mass is 565 g/mol. The van der Waals surface area contributed by atoms with Gasteiger partial charge in [-0.2, -0.15) is 0 Å². The fourth-order valence-electron chi connectivity index (χ4n) is 2.52. The number of aliphatic imine (C=N–C) groups is 1. The standard InChI is InChI=1S/C15H24ClN5O4S2.HI/c1-3-25-15(22)21-10-8-20(9-11-21)14(17-2)18-6-7-19-27(23,24)13-5-4-12(16)26-13;/h4-5,19H,3,6-11H2,1-2H3,(H,17,18);1H. The predicted molar refractivity (Wildman–Crippen MR) is 121 cm³/mol. The van der Waals surface area contributed by atoms with Crippen LogP contribution in [0.2, 0.25) is 4.34 Å². The van der Waals surface area contributed by atoms with Crippen LogP contribution in [-0.4, -0.2) is 83.2 Å². The number of carbonyl (C=O) groups excluding carboxylic acids is 1. The summed E-state index contributed by atoms with van der Waals surface area (Å²) < 4.78 is 32.4. The number of nitrogens with zero attached hydrogens (tertiary/aromatic N) is 3. The number of amides is 1. The largest absolute Gasteiger partial charge is 0.450 e. The number of guanidine groups is 1. The summed E-state index contributed by atoms with van der Waals surface area (Å²) in [6, 6.07) is 3.03. The molecule has 0 bridgehead atoms. The molecule has 0 aliphatic carbocycles. The maximum Gasteiger partial charge on any atom is 0.409 e. The van der Waals surface area contributed by atoms with E-state index >= 15 is 0 Å². The van der Waals surface area contributed by atoms with Crippen molar-refractivity contribution in [2.24, 2.45) is 4.99 Å². The average molecular weight is 566 g/mol. The highest BCUT2D eigenvalue weighted by Gasteiger charge is 2.23. The smallest absolute Gasteiger partial charge is 0.409 e. The summed E-state index contributed by atoms with van der Waals surface area (Å²) in [5.74, 6) is 0.664. The molecule has 1 aliphatic rings. The van der Waals surface area contributed by atoms with E-state index in [4.69, 9.17) is 16.3 Å². The highest BCUT2D eigenvalue weighted by atomic mass is 127. The first-order valence-electron chi connectivity index (χ1n) is 8.49. The number of ether oxygens (including phenoxy) is 1. The van der Waals surface area contributed by atoms with Crippen LogP contribution in [0.5, 0.6) is 0 Å². The van der Waals surface area contributed by atoms with E-state index in [-0.39, 0.29) is 40.8 Å². The fraction of sp³-hybridized carbons (Fsp3) is 0.600. The van der Waals surface area contributed by atoms with Crippen LogP contribution in [0, 0.1) is 0 Å². The van der Waals surface area contributed by atoms with E-state index in [1.807, 2.05) is 4.90 Å². The van der Waals surface area contributed by atoms with Gasteiger partial charge in [-0.1, -0.05) is 11.6 Å². The van der Waals surface area contributed by atoms with Crippen LogP contribution in [0.4, 0.5) is 4.79 Å². The van der Waals surface area contributed by atoms with Crippen LogP contribution in [0.3, 0.4) is 0 Å². The van der Waals surface area contributed by atoms with E-state index < -0.39 is 10.0 Å². The first kappa shape index (κ1) is 25.2. The molecule has 1 aromatic rings. The number of hydrogen-bond acceptors (Lipinski definition) is 6. The summed E-state index contributed by atoms with van der Waals surface area (Å²) in [6.45, 7) is 5.06. The van der Waals surface area contributed by atoms with Crippen molar-refractivity contribution < 1.29 is 17.9 Å². The van der Waals surface area contributed by atoms with Gasteiger partial charge in [0.15, 0.2) is 5.96 Å². The Hall–Kier alpha value is -0.830. The minimum atomic E-state index is -3.56. The lowest BCUT2D eigenvalue weighted by atomic mass is 10.3. The molecule has 0 aromatic carbocycles. The zero-order valence-electron chi connectivity index (χ0n) is 15.7. The molecule has 1 aliphatic heterocycles. The highest BCUT2D eigenvalue weighted by molar-refractivity contribution is 14.0. The minimum Gasteiger partial charge on any atom is -0.450 e. The summed E-state index contributed by atoms with van der Waals surface area (Å²) in [4.78, 5) is 19.6. The maximum atomic E-state index is 12.1. The third kappa shape index (κ3) is 7.21. The molecule has 160 valence electrons. The van der Waals surface area contributed by atoms with Crippen LogP contribution < -0.4 is 10.0 Å². The van der Waals surface area contributed by atoms with E-state index in [2.05, 4.69) is 15.0 Å². The van der Waals surface area contributed by atoms with Gasteiger partial charge in [-0.05, 0) is 19.1 Å². The summed E-state index contributed by atoms with van der Waals surface area (Å²) in [5.41, 5.74) is 0. The Balaban J connectivity index is 0.00000392. The van der Waals surface area contributed by atoms with Crippen LogP contribution in [-0.2, 0) is 14.8 Å². The molecular weight excluding hydrogens is 541 g/mol. The topological polar surface area (TPSA) is 103 Å². The van der Waals surface area contributed by atoms with Crippen molar-refractivity contribution in [1.82, 2.24) is 19.8 Å². The molecule has 0 atom stereocenters. The molecule has 0 spiro atoms. The summed E-state index contributed by atoms with van der Waals surface area (Å²) in [7, 11) is -1.89. The zero-order chi connectivity index (χ0) is 19.9. The van der Waals surface area contributed by atoms with E-state index in [0.717, 1.165) is 11.3 Å². The van der Waals surface area contributed by atoms with E-state index in [1.54, 1.807) is 24.9 Å². The molecule has 0 saturated carbocycles. The molecule has 0 unspecified atom stereocenters. The van der Waals surface area contributed by atoms with E-state index in [0.29, 0.717) is 49.6 Å². The van der Waals surface area contributed by atoms with Gasteiger partial charge >= 0.3 is 6.09 Å². The van der Waals surface area contributed by atoms with E-state index in [9.17, 15) is 13.2 Å². The first-order valence-corrected chi connectivity index (χ1v) is 11.2. The van der Waals surface area contributed by atoms with Crippen molar-refractivity contribution in [2.45, 2.75) is 11.1 Å². The number of sulfonamides is 1. The number of thiophene rings is 1. The van der Waals surface area contributed by atoms with Gasteiger partial charge in [-0.25, -0.2) is 17.9 Å². The van der Waals surface area contributed by atoms with Crippen molar-refractivity contribution in [2.75, 3.05) is 52.9 Å². The lowest BCUT2D eigenvalue weighted by Gasteiger charge is -2.35. The number of halogens is 2. The van der Waals surface area contributed by atoms with Crippen LogP contribution >= 0.6 is 46.9 Å². The quantitative estimate of drug-likeness (QED) is 0.235. The number of carbonyl (C=O) groups is 1. The van der Waals surface area contributed by atoms with Crippen LogP contribution in [0.1, 0.15) is 6.92 Å². The molecule has 13 heteroatoms. The molecule has 2 heterocycles. The second-order valence-corrected chi connectivity index (χ2v) is 9.31. The number of rotatable bonds is 6. The van der Waals surface area contributed by atoms with Crippen molar-refractivity contribution in [3.8, 4) is 0 Å². The molecule has 2 N–H and O–H groups in total. The van der Waals surface area contributed by atoms with Gasteiger partial charge in [0.25, 0.3) is 0 Å². The first-order chi connectivity index (χ1) is 12.9. The molecule has 1 aromatic heterocycles. The van der Waals surface area contributed by atoms with Gasteiger partial charge in [-0.3, -0.25) is 4.99 Å². The Labute approximate surface area is 191 Å². The maximum absolute atomic E-state index is 12.1. The summed E-state index contributed by atoms with van der Waals surface area (Å²) in [6.07, 6.45) is -0.303. The predicted octanol–water partition coefficient (Wildman–Crippen LogP) is 1.65. The van der Waals surface area contributed by atoms with Crippen molar-refractivity contribution in [3.05, 3.63) is 16.5 Å². The molecular formula is C15H25ClIN5O4S2. The number of hydrogen-bond donors (Lipinski definition) is 2. The molecule has 0 radical (unpaired) electrons. The number of piperazine rings is 1. The molecule has 2 rings (SSSR count). The van der Waals surface area contributed by atoms with Crippen LogP contribution in [0.25, 0.3) is 0 Å². The lowest BCUT2D eigenvalue weighted by molar-refractivity contribution is 0.0915. The number of nitrogens with one attached hydrogen (secondary N) is 2. The van der Waals surface area contributed by atoms with Gasteiger partial charge in [0, 0.05) is 46.3 Å². The Morgan fingerprint density at radius 2 is 1.89 bits per heavy atom. The second-order valence-electron chi connectivity index (χ2n) is 5.60. The normalized spacial score (nSPS) is 15.2. The van der Waals surface area contributed by atoms with Crippen molar-refractivity contribution in [1.29, 1.82) is 0 Å². The SMILES string of the molecule is CCOC(=O)N1CCN(C(=NC)NCCNS(=O)(=O)c2ccc(Cl)s2)CC1.I. The molecule has 1 amide bonds. The Morgan fingerprint density at radius 1 is 1.25 bits per heavy atom. The fourth-order valence-corrected chi connectivity index (χ4v) is 5.08. The van der Waals surface area contributed by atoms with Gasteiger partial charge in [0.05, 0.1) is 10.9 Å². The Morgan fingerprint density at radius 3 is 2.43 bits per heavy atom. The average Bonchev–Trinajstić information content (AvgIpc) is 3.10. The Bertz CT molecular complexity index is 766. The van der Waals surface area contributed by atoms with Gasteiger partial charge in [0.2, 0.25) is 10.0 Å². The summed E-state index contributed by atoms with van der Waals surface area (Å²) >= 11 is 6.79. The molecule has 9 nitrogen and oxygen atoms in total. The van der Waals surface area contributed by atoms with Crippen molar-refractivity contribution in [3.63, 3.8) is 0 Å². The Kier molecular flexibility index (Phi) is 10.8. The zero-order valence-corrected chi connectivity index (χ0v) is 20.4. The van der Waals surface area contributed by atoms with Gasteiger partial charge in [0.1, 0.15) is 4.21 Å². The summed E-state index contributed by atoms with van der Waals surface area (Å²) in [5, 5.41) is 3.13. The highest BCUT2D eigenvalue weighted by Crippen LogP contribution is 2.25. The molecule has 28 heavy (non-hydrogen) atoms. The van der Waals surface area contributed by atoms with Crippen molar-refractivity contribution >= 4 is 69.0 Å². The van der Waals surface area contributed by atoms with Gasteiger partial charge < -0.3 is 19.9 Å². The van der Waals surface area contributed by atoms with Gasteiger partial charge in [-0.15, -0.1) is 35.3 Å².